The molecule has 23 heavy (non-hydrogen) atoms. The van der Waals surface area contributed by atoms with Crippen molar-refractivity contribution in [3.05, 3.63) is 59.9 Å². The van der Waals surface area contributed by atoms with Gasteiger partial charge in [0.15, 0.2) is 5.82 Å². The summed E-state index contributed by atoms with van der Waals surface area (Å²) in [6, 6.07) is 7.05. The van der Waals surface area contributed by atoms with E-state index in [1.807, 2.05) is 13.0 Å². The Morgan fingerprint density at radius 2 is 2.17 bits per heavy atom. The Hall–Kier alpha value is -2.50. The molecule has 0 aliphatic carbocycles. The zero-order valence-electron chi connectivity index (χ0n) is 12.7. The number of amides is 2. The van der Waals surface area contributed by atoms with E-state index in [0.717, 1.165) is 18.2 Å². The van der Waals surface area contributed by atoms with E-state index in [-0.39, 0.29) is 23.5 Å². The van der Waals surface area contributed by atoms with Crippen LogP contribution in [0.15, 0.2) is 42.7 Å². The number of halogens is 2. The number of nitrogens with one attached hydrogen (secondary N) is 1. The zero-order valence-corrected chi connectivity index (χ0v) is 12.7. The number of rotatable bonds is 2. The molecule has 2 heterocycles. The van der Waals surface area contributed by atoms with Gasteiger partial charge in [0.05, 0.1) is 17.9 Å². The first-order valence-corrected chi connectivity index (χ1v) is 7.49. The molecular formula is C17H17F2N3O. The van der Waals surface area contributed by atoms with E-state index in [1.54, 1.807) is 11.0 Å². The quantitative estimate of drug-likeness (QED) is 0.911. The van der Waals surface area contributed by atoms with Crippen molar-refractivity contribution in [1.82, 2.24) is 9.88 Å². The highest BCUT2D eigenvalue weighted by Crippen LogP contribution is 2.37. The number of benzene rings is 1. The Balaban J connectivity index is 1.83. The average Bonchev–Trinajstić information content (AvgIpc) is 2.91. The maximum Gasteiger partial charge on any atom is 0.322 e. The van der Waals surface area contributed by atoms with Gasteiger partial charge < -0.3 is 10.2 Å². The van der Waals surface area contributed by atoms with Crippen LogP contribution in [0, 0.1) is 17.6 Å². The second-order valence-corrected chi connectivity index (χ2v) is 5.74. The molecule has 1 aliphatic rings. The Morgan fingerprint density at radius 1 is 1.35 bits per heavy atom. The molecule has 6 heteroatoms. The number of likely N-dealkylation sites (tertiary alicyclic amines) is 1. The average molecular weight is 317 g/mol. The van der Waals surface area contributed by atoms with Gasteiger partial charge in [0, 0.05) is 12.7 Å². The SMILES string of the molecule is C[C@@H]1CCN(C(=O)Nc2ccncc2F)[C@@H]1c1cccc(F)c1. The van der Waals surface area contributed by atoms with Crippen molar-refractivity contribution in [3.8, 4) is 0 Å². The number of nitrogens with zero attached hydrogens (tertiary/aromatic N) is 2. The lowest BCUT2D eigenvalue weighted by atomic mass is 9.95. The largest absolute Gasteiger partial charge is 0.322 e. The lowest BCUT2D eigenvalue weighted by molar-refractivity contribution is 0.201. The highest BCUT2D eigenvalue weighted by atomic mass is 19.1. The summed E-state index contributed by atoms with van der Waals surface area (Å²) in [7, 11) is 0. The summed E-state index contributed by atoms with van der Waals surface area (Å²) < 4.78 is 27.1. The molecule has 0 unspecified atom stereocenters. The van der Waals surface area contributed by atoms with E-state index in [4.69, 9.17) is 0 Å². The van der Waals surface area contributed by atoms with E-state index in [0.29, 0.717) is 6.54 Å². The third kappa shape index (κ3) is 3.16. The molecule has 0 saturated carbocycles. The van der Waals surface area contributed by atoms with Crippen molar-refractivity contribution < 1.29 is 13.6 Å². The molecule has 2 aromatic rings. The van der Waals surface area contributed by atoms with Crippen LogP contribution in [0.5, 0.6) is 0 Å². The lowest BCUT2D eigenvalue weighted by Crippen LogP contribution is -2.35. The summed E-state index contributed by atoms with van der Waals surface area (Å²) in [4.78, 5) is 17.8. The van der Waals surface area contributed by atoms with Gasteiger partial charge in [0.25, 0.3) is 0 Å². The second-order valence-electron chi connectivity index (χ2n) is 5.74. The van der Waals surface area contributed by atoms with E-state index >= 15 is 0 Å². The van der Waals surface area contributed by atoms with E-state index in [9.17, 15) is 13.6 Å². The smallest absolute Gasteiger partial charge is 0.317 e. The molecule has 1 N–H and O–H groups in total. The first-order valence-electron chi connectivity index (χ1n) is 7.49. The van der Waals surface area contributed by atoms with Gasteiger partial charge in [-0.25, -0.2) is 13.6 Å². The molecular weight excluding hydrogens is 300 g/mol. The summed E-state index contributed by atoms with van der Waals surface area (Å²) in [6.45, 7) is 2.57. The number of hydrogen-bond acceptors (Lipinski definition) is 2. The zero-order chi connectivity index (χ0) is 16.4. The minimum absolute atomic E-state index is 0.0857. The summed E-state index contributed by atoms with van der Waals surface area (Å²) in [5.74, 6) is -0.720. The van der Waals surface area contributed by atoms with Gasteiger partial charge in [0.1, 0.15) is 5.82 Å². The normalized spacial score (nSPS) is 20.6. The van der Waals surface area contributed by atoms with Gasteiger partial charge in [-0.1, -0.05) is 19.1 Å². The predicted molar refractivity (Wildman–Crippen MR) is 82.8 cm³/mol. The molecule has 0 spiro atoms. The van der Waals surface area contributed by atoms with Gasteiger partial charge in [-0.3, -0.25) is 4.98 Å². The molecule has 0 bridgehead atoms. The van der Waals surface area contributed by atoms with Crippen LogP contribution in [-0.2, 0) is 0 Å². The molecule has 3 rings (SSSR count). The molecule has 1 aliphatic heterocycles. The van der Waals surface area contributed by atoms with Crippen LogP contribution in [0.2, 0.25) is 0 Å². The first kappa shape index (κ1) is 15.4. The summed E-state index contributed by atoms with van der Waals surface area (Å²) in [5.41, 5.74) is 0.836. The van der Waals surface area contributed by atoms with E-state index in [2.05, 4.69) is 10.3 Å². The number of urea groups is 1. The predicted octanol–water partition coefficient (Wildman–Crippen LogP) is 3.97. The Kier molecular flexibility index (Phi) is 4.23. The molecule has 1 aromatic heterocycles. The Morgan fingerprint density at radius 3 is 2.91 bits per heavy atom. The van der Waals surface area contributed by atoms with Crippen LogP contribution in [0.3, 0.4) is 0 Å². The number of carbonyl (C=O) groups excluding carboxylic acids is 1. The van der Waals surface area contributed by atoms with Crippen molar-refractivity contribution in [2.75, 3.05) is 11.9 Å². The molecule has 1 aromatic carbocycles. The highest BCUT2D eigenvalue weighted by molar-refractivity contribution is 5.89. The fourth-order valence-electron chi connectivity index (χ4n) is 3.04. The van der Waals surface area contributed by atoms with Crippen molar-refractivity contribution in [2.45, 2.75) is 19.4 Å². The fourth-order valence-corrected chi connectivity index (χ4v) is 3.04. The number of aromatic nitrogens is 1. The monoisotopic (exact) mass is 317 g/mol. The molecule has 2 atom stereocenters. The first-order chi connectivity index (χ1) is 11.1. The van der Waals surface area contributed by atoms with E-state index in [1.165, 1.54) is 24.4 Å². The van der Waals surface area contributed by atoms with Crippen molar-refractivity contribution >= 4 is 11.7 Å². The maximum atomic E-state index is 13.6. The molecule has 0 radical (unpaired) electrons. The third-order valence-corrected chi connectivity index (χ3v) is 4.17. The number of anilines is 1. The Labute approximate surface area is 133 Å². The van der Waals surface area contributed by atoms with Gasteiger partial charge in [0.2, 0.25) is 0 Å². The van der Waals surface area contributed by atoms with E-state index < -0.39 is 11.8 Å². The number of pyridine rings is 1. The minimum atomic E-state index is -0.588. The van der Waals surface area contributed by atoms with Crippen LogP contribution < -0.4 is 5.32 Å². The van der Waals surface area contributed by atoms with Gasteiger partial charge in [-0.2, -0.15) is 0 Å². The minimum Gasteiger partial charge on any atom is -0.317 e. The Bertz CT molecular complexity index is 722. The van der Waals surface area contributed by atoms with Crippen molar-refractivity contribution in [2.24, 2.45) is 5.92 Å². The molecule has 2 amide bonds. The fraction of sp³-hybridized carbons (Fsp3) is 0.294. The van der Waals surface area contributed by atoms with Crippen LogP contribution in [0.25, 0.3) is 0 Å². The van der Waals surface area contributed by atoms with Gasteiger partial charge >= 0.3 is 6.03 Å². The summed E-state index contributed by atoms with van der Waals surface area (Å²) in [6.07, 6.45) is 3.27. The second kappa shape index (κ2) is 6.32. The highest BCUT2D eigenvalue weighted by Gasteiger charge is 2.35. The molecule has 1 fully saturated rings. The molecule has 1 saturated heterocycles. The third-order valence-electron chi connectivity index (χ3n) is 4.17. The van der Waals surface area contributed by atoms with Crippen LogP contribution in [0.4, 0.5) is 19.3 Å². The topological polar surface area (TPSA) is 45.2 Å². The molecule has 4 nitrogen and oxygen atoms in total. The van der Waals surface area contributed by atoms with Crippen LogP contribution >= 0.6 is 0 Å². The van der Waals surface area contributed by atoms with Crippen molar-refractivity contribution in [1.29, 1.82) is 0 Å². The van der Waals surface area contributed by atoms with Gasteiger partial charge in [-0.15, -0.1) is 0 Å². The summed E-state index contributed by atoms with van der Waals surface area (Å²) in [5, 5.41) is 2.57. The standard InChI is InChI=1S/C17H17F2N3O/c1-11-6-8-22(16(11)12-3-2-4-13(18)9-12)17(23)21-15-5-7-20-10-14(15)19/h2-5,7,9-11,16H,6,8H2,1H3,(H,20,21,23)/t11-,16+/m1/s1. The lowest BCUT2D eigenvalue weighted by Gasteiger charge is -2.27. The number of hydrogen-bond donors (Lipinski definition) is 1. The summed E-state index contributed by atoms with van der Waals surface area (Å²) >= 11 is 0. The number of carbonyl (C=O) groups is 1. The van der Waals surface area contributed by atoms with Crippen LogP contribution in [-0.4, -0.2) is 22.5 Å². The van der Waals surface area contributed by atoms with Gasteiger partial charge in [-0.05, 0) is 36.1 Å². The van der Waals surface area contributed by atoms with Crippen LogP contribution in [0.1, 0.15) is 24.9 Å². The maximum absolute atomic E-state index is 13.6. The molecule has 120 valence electrons. The van der Waals surface area contributed by atoms with Crippen molar-refractivity contribution in [3.63, 3.8) is 0 Å².